The van der Waals surface area contributed by atoms with Gasteiger partial charge in [0, 0.05) is 0 Å². The topological polar surface area (TPSA) is 0 Å². The van der Waals surface area contributed by atoms with Gasteiger partial charge in [0.2, 0.25) is 0 Å². The second kappa shape index (κ2) is 6.12. The molecule has 2 aromatic rings. The number of rotatable bonds is 1. The number of allylic oxidation sites excluding steroid dienone is 2. The lowest BCUT2D eigenvalue weighted by atomic mass is 9.55. The average Bonchev–Trinajstić information content (AvgIpc) is 3.12. The Hall–Kier alpha value is -1.82. The summed E-state index contributed by atoms with van der Waals surface area (Å²) in [5.41, 5.74) is 8.18. The van der Waals surface area contributed by atoms with Crippen LogP contribution < -0.4 is 0 Å². The second-order valence-electron chi connectivity index (χ2n) is 9.31. The number of benzene rings is 2. The van der Waals surface area contributed by atoms with Crippen LogP contribution in [0.2, 0.25) is 0 Å². The molecule has 0 saturated heterocycles. The van der Waals surface area contributed by atoms with Crippen molar-refractivity contribution in [2.75, 3.05) is 0 Å². The van der Waals surface area contributed by atoms with Crippen molar-refractivity contribution >= 4 is 5.57 Å². The molecule has 1 spiro atoms. The van der Waals surface area contributed by atoms with Crippen LogP contribution in [0.4, 0.5) is 0 Å². The molecule has 134 valence electrons. The van der Waals surface area contributed by atoms with Gasteiger partial charge < -0.3 is 0 Å². The molecule has 0 bridgehead atoms. The molecule has 0 heteroatoms. The van der Waals surface area contributed by atoms with E-state index in [0.717, 1.165) is 11.8 Å². The average molecular weight is 343 g/mol. The van der Waals surface area contributed by atoms with Crippen LogP contribution in [0.15, 0.2) is 54.6 Å². The summed E-state index contributed by atoms with van der Waals surface area (Å²) in [6, 6.07) is 18.5. The highest BCUT2D eigenvalue weighted by molar-refractivity contribution is 5.70. The minimum atomic E-state index is 0.512. The molecule has 0 heterocycles. The molecule has 3 aliphatic carbocycles. The lowest BCUT2D eigenvalue weighted by Crippen LogP contribution is -2.41. The molecule has 0 aliphatic heterocycles. The van der Waals surface area contributed by atoms with E-state index in [1.54, 1.807) is 16.7 Å². The summed E-state index contributed by atoms with van der Waals surface area (Å²) in [4.78, 5) is 0. The van der Waals surface area contributed by atoms with Crippen LogP contribution in [0, 0.1) is 24.2 Å². The van der Waals surface area contributed by atoms with Gasteiger partial charge >= 0.3 is 0 Å². The van der Waals surface area contributed by atoms with E-state index in [0.29, 0.717) is 11.3 Å². The zero-order valence-corrected chi connectivity index (χ0v) is 16.2. The van der Waals surface area contributed by atoms with Crippen LogP contribution in [-0.4, -0.2) is 0 Å². The van der Waals surface area contributed by atoms with E-state index < -0.39 is 0 Å². The Labute approximate surface area is 158 Å². The molecule has 26 heavy (non-hydrogen) atoms. The van der Waals surface area contributed by atoms with Crippen molar-refractivity contribution in [3.8, 4) is 0 Å². The van der Waals surface area contributed by atoms with E-state index in [4.69, 9.17) is 0 Å². The molecule has 1 fully saturated rings. The van der Waals surface area contributed by atoms with E-state index >= 15 is 0 Å². The van der Waals surface area contributed by atoms with Crippen molar-refractivity contribution in [2.45, 2.75) is 58.3 Å². The fourth-order valence-corrected chi connectivity index (χ4v) is 6.05. The SMILES string of the molecule is Cc1ccc(C2=CC3[C@@H](C2)c2ccccc2CC32CCC(C)CC2)cc1. The molecule has 2 aromatic carbocycles. The molecule has 0 radical (unpaired) electrons. The van der Waals surface area contributed by atoms with Crippen molar-refractivity contribution in [1.82, 2.24) is 0 Å². The largest absolute Gasteiger partial charge is 0.0764 e. The van der Waals surface area contributed by atoms with Gasteiger partial charge in [-0.1, -0.05) is 79.9 Å². The maximum atomic E-state index is 2.70. The molecule has 5 rings (SSSR count). The van der Waals surface area contributed by atoms with Gasteiger partial charge in [0.1, 0.15) is 0 Å². The smallest absolute Gasteiger partial charge is 0.00501 e. The van der Waals surface area contributed by atoms with Gasteiger partial charge in [-0.3, -0.25) is 0 Å². The molecular weight excluding hydrogens is 312 g/mol. The Morgan fingerprint density at radius 1 is 0.923 bits per heavy atom. The van der Waals surface area contributed by atoms with Crippen LogP contribution in [-0.2, 0) is 6.42 Å². The Morgan fingerprint density at radius 2 is 1.65 bits per heavy atom. The van der Waals surface area contributed by atoms with Crippen molar-refractivity contribution in [3.05, 3.63) is 76.9 Å². The van der Waals surface area contributed by atoms with E-state index in [1.165, 1.54) is 49.7 Å². The lowest BCUT2D eigenvalue weighted by molar-refractivity contribution is 0.0797. The maximum Gasteiger partial charge on any atom is -0.00501 e. The Morgan fingerprint density at radius 3 is 2.42 bits per heavy atom. The number of fused-ring (bicyclic) bond motifs is 4. The summed E-state index contributed by atoms with van der Waals surface area (Å²) in [5, 5.41) is 0. The van der Waals surface area contributed by atoms with E-state index in [1.807, 2.05) is 0 Å². The quantitative estimate of drug-likeness (QED) is 0.527. The van der Waals surface area contributed by atoms with Crippen LogP contribution >= 0.6 is 0 Å². The van der Waals surface area contributed by atoms with E-state index in [2.05, 4.69) is 68.5 Å². The third-order valence-corrected chi connectivity index (χ3v) is 7.65. The zero-order chi connectivity index (χ0) is 17.7. The van der Waals surface area contributed by atoms with Gasteiger partial charge in [0.25, 0.3) is 0 Å². The van der Waals surface area contributed by atoms with Crippen molar-refractivity contribution < 1.29 is 0 Å². The predicted octanol–water partition coefficient (Wildman–Crippen LogP) is 6.93. The second-order valence-corrected chi connectivity index (χ2v) is 9.31. The first-order valence-corrected chi connectivity index (χ1v) is 10.5. The lowest BCUT2D eigenvalue weighted by Gasteiger charge is -2.49. The van der Waals surface area contributed by atoms with Crippen molar-refractivity contribution in [3.63, 3.8) is 0 Å². The van der Waals surface area contributed by atoms with Gasteiger partial charge in [-0.25, -0.2) is 0 Å². The molecule has 3 aliphatic rings. The number of aryl methyl sites for hydroxylation is 1. The summed E-state index contributed by atoms with van der Waals surface area (Å²) >= 11 is 0. The molecule has 2 atom stereocenters. The van der Waals surface area contributed by atoms with E-state index in [9.17, 15) is 0 Å². The van der Waals surface area contributed by atoms with Crippen molar-refractivity contribution in [1.29, 1.82) is 0 Å². The van der Waals surface area contributed by atoms with Gasteiger partial charge in [-0.05, 0) is 78.0 Å². The monoisotopic (exact) mass is 342 g/mol. The van der Waals surface area contributed by atoms with Gasteiger partial charge in [0.05, 0.1) is 0 Å². The first-order valence-electron chi connectivity index (χ1n) is 10.5. The number of hydrogen-bond donors (Lipinski definition) is 0. The molecule has 1 saturated carbocycles. The summed E-state index contributed by atoms with van der Waals surface area (Å²) in [6.45, 7) is 4.63. The molecule has 0 N–H and O–H groups in total. The van der Waals surface area contributed by atoms with E-state index in [-0.39, 0.29) is 0 Å². The predicted molar refractivity (Wildman–Crippen MR) is 110 cm³/mol. The van der Waals surface area contributed by atoms with Crippen LogP contribution in [0.5, 0.6) is 0 Å². The summed E-state index contributed by atoms with van der Waals surface area (Å²) in [6.07, 6.45) is 10.9. The van der Waals surface area contributed by atoms with Crippen molar-refractivity contribution in [2.24, 2.45) is 17.3 Å². The maximum absolute atomic E-state index is 2.70. The van der Waals surface area contributed by atoms with Gasteiger partial charge in [0.15, 0.2) is 0 Å². The Kier molecular flexibility index (Phi) is 3.85. The van der Waals surface area contributed by atoms with Crippen LogP contribution in [0.1, 0.15) is 67.2 Å². The van der Waals surface area contributed by atoms with Gasteiger partial charge in [-0.15, -0.1) is 0 Å². The molecule has 0 aromatic heterocycles. The zero-order valence-electron chi connectivity index (χ0n) is 16.2. The highest BCUT2D eigenvalue weighted by atomic mass is 14.5. The fourth-order valence-electron chi connectivity index (χ4n) is 6.05. The molecule has 1 unspecified atom stereocenters. The Bertz CT molecular complexity index is 831. The third-order valence-electron chi connectivity index (χ3n) is 7.65. The summed E-state index contributed by atoms with van der Waals surface area (Å²) < 4.78 is 0. The molecular formula is C26H30. The normalized spacial score (nSPS) is 32.8. The first-order chi connectivity index (χ1) is 12.6. The number of hydrogen-bond acceptors (Lipinski definition) is 0. The highest BCUT2D eigenvalue weighted by Crippen LogP contribution is 2.60. The minimum absolute atomic E-state index is 0.512. The van der Waals surface area contributed by atoms with Crippen LogP contribution in [0.25, 0.3) is 5.57 Å². The molecule has 0 nitrogen and oxygen atoms in total. The van der Waals surface area contributed by atoms with Crippen LogP contribution in [0.3, 0.4) is 0 Å². The highest BCUT2D eigenvalue weighted by Gasteiger charge is 2.49. The summed E-state index contributed by atoms with van der Waals surface area (Å²) in [5.74, 6) is 2.35. The minimum Gasteiger partial charge on any atom is -0.0764 e. The third kappa shape index (κ3) is 2.57. The fraction of sp³-hybridized carbons (Fsp3) is 0.462. The standard InChI is InChI=1S/C26H30/c1-18-7-9-20(10-8-18)22-15-24-23-6-4-3-5-21(23)17-26(25(24)16-22)13-11-19(2)12-14-26/h3-10,16,19,24-25H,11-15,17H2,1-2H3/t19?,24-,25?,26?/m0/s1. The summed E-state index contributed by atoms with van der Waals surface area (Å²) in [7, 11) is 0. The van der Waals surface area contributed by atoms with Gasteiger partial charge in [-0.2, -0.15) is 0 Å². The Balaban J connectivity index is 1.57. The first kappa shape index (κ1) is 16.4. The molecule has 0 amide bonds.